The monoisotopic (exact) mass is 428 g/mol. The summed E-state index contributed by atoms with van der Waals surface area (Å²) >= 11 is 1.24. The van der Waals surface area contributed by atoms with Crippen LogP contribution in [0.15, 0.2) is 41.8 Å². The number of anilines is 2. The fraction of sp³-hybridized carbons (Fsp3) is 0.200. The van der Waals surface area contributed by atoms with E-state index < -0.39 is 10.8 Å². The normalized spacial score (nSPS) is 10.4. The quantitative estimate of drug-likeness (QED) is 0.403. The summed E-state index contributed by atoms with van der Waals surface area (Å²) in [7, 11) is 3.12. The standard InChI is InChI=1S/C20H20N4O5S/c1-4-21-15-8-5-12(9-17(15)24(26)27)19(25)23-20-22-16(11-30-20)14-7-6-13(28-2)10-18(14)29-3/h5-11,21H,4H2,1-3H3,(H,22,23,25). The number of nitro benzene ring substituents is 1. The van der Waals surface area contributed by atoms with Gasteiger partial charge >= 0.3 is 0 Å². The van der Waals surface area contributed by atoms with E-state index in [1.165, 1.54) is 29.5 Å². The van der Waals surface area contributed by atoms with E-state index >= 15 is 0 Å². The van der Waals surface area contributed by atoms with Gasteiger partial charge < -0.3 is 14.8 Å². The molecule has 0 unspecified atom stereocenters. The molecule has 0 bridgehead atoms. The highest BCUT2D eigenvalue weighted by Crippen LogP contribution is 2.35. The van der Waals surface area contributed by atoms with Gasteiger partial charge in [0.1, 0.15) is 17.2 Å². The Morgan fingerprint density at radius 2 is 2.00 bits per heavy atom. The predicted octanol–water partition coefficient (Wildman–Crippen LogP) is 4.42. The van der Waals surface area contributed by atoms with Crippen molar-refractivity contribution in [1.29, 1.82) is 0 Å². The molecule has 3 aromatic rings. The predicted molar refractivity (Wildman–Crippen MR) is 116 cm³/mol. The first-order chi connectivity index (χ1) is 14.5. The number of nitrogens with one attached hydrogen (secondary N) is 2. The second-order valence-corrected chi connectivity index (χ2v) is 6.94. The molecule has 0 aliphatic heterocycles. The molecule has 0 aliphatic rings. The van der Waals surface area contributed by atoms with Gasteiger partial charge in [0.25, 0.3) is 11.6 Å². The fourth-order valence-corrected chi connectivity index (χ4v) is 3.50. The van der Waals surface area contributed by atoms with Crippen molar-refractivity contribution >= 4 is 33.8 Å². The molecule has 0 spiro atoms. The number of nitro groups is 1. The number of aromatic nitrogens is 1. The molecule has 9 nitrogen and oxygen atoms in total. The Balaban J connectivity index is 1.82. The highest BCUT2D eigenvalue weighted by molar-refractivity contribution is 7.14. The second kappa shape index (κ2) is 9.23. The molecule has 1 amide bonds. The van der Waals surface area contributed by atoms with Gasteiger partial charge in [0.2, 0.25) is 0 Å². The van der Waals surface area contributed by atoms with Gasteiger partial charge in [-0.1, -0.05) is 0 Å². The minimum absolute atomic E-state index is 0.160. The Morgan fingerprint density at radius 1 is 1.20 bits per heavy atom. The van der Waals surface area contributed by atoms with Crippen LogP contribution in [0, 0.1) is 10.1 Å². The number of amides is 1. The number of hydrogen-bond donors (Lipinski definition) is 2. The van der Waals surface area contributed by atoms with Crippen LogP contribution in [0.25, 0.3) is 11.3 Å². The van der Waals surface area contributed by atoms with Crippen molar-refractivity contribution in [2.24, 2.45) is 0 Å². The van der Waals surface area contributed by atoms with E-state index in [0.717, 1.165) is 5.56 Å². The molecule has 0 saturated heterocycles. The topological polar surface area (TPSA) is 116 Å². The zero-order valence-electron chi connectivity index (χ0n) is 16.6. The van der Waals surface area contributed by atoms with Crippen LogP contribution in [-0.4, -0.2) is 36.6 Å². The average Bonchev–Trinajstić information content (AvgIpc) is 3.21. The van der Waals surface area contributed by atoms with Crippen molar-refractivity contribution in [2.45, 2.75) is 6.92 Å². The third-order valence-corrected chi connectivity index (χ3v) is 4.99. The van der Waals surface area contributed by atoms with Gasteiger partial charge in [-0.25, -0.2) is 4.98 Å². The molecule has 0 aliphatic carbocycles. The molecule has 2 aromatic carbocycles. The van der Waals surface area contributed by atoms with Crippen molar-refractivity contribution in [3.63, 3.8) is 0 Å². The molecule has 30 heavy (non-hydrogen) atoms. The van der Waals surface area contributed by atoms with Gasteiger partial charge in [-0.2, -0.15) is 0 Å². The number of carbonyl (C=O) groups excluding carboxylic acids is 1. The van der Waals surface area contributed by atoms with Crippen LogP contribution < -0.4 is 20.1 Å². The highest BCUT2D eigenvalue weighted by atomic mass is 32.1. The maximum absolute atomic E-state index is 12.6. The Hall–Kier alpha value is -3.66. The number of nitrogens with zero attached hydrogens (tertiary/aromatic N) is 2. The van der Waals surface area contributed by atoms with E-state index in [9.17, 15) is 14.9 Å². The minimum Gasteiger partial charge on any atom is -0.497 e. The van der Waals surface area contributed by atoms with Gasteiger partial charge in [-0.3, -0.25) is 20.2 Å². The van der Waals surface area contributed by atoms with Crippen LogP contribution >= 0.6 is 11.3 Å². The lowest BCUT2D eigenvalue weighted by Crippen LogP contribution is -2.12. The van der Waals surface area contributed by atoms with Crippen LogP contribution in [0.3, 0.4) is 0 Å². The van der Waals surface area contributed by atoms with E-state index in [1.54, 1.807) is 31.7 Å². The van der Waals surface area contributed by atoms with Crippen molar-refractivity contribution in [3.8, 4) is 22.8 Å². The van der Waals surface area contributed by atoms with E-state index in [0.29, 0.717) is 34.6 Å². The highest BCUT2D eigenvalue weighted by Gasteiger charge is 2.18. The van der Waals surface area contributed by atoms with Gasteiger partial charge in [0, 0.05) is 35.2 Å². The number of hydrogen-bond acceptors (Lipinski definition) is 8. The van der Waals surface area contributed by atoms with Gasteiger partial charge in [0.15, 0.2) is 5.13 Å². The lowest BCUT2D eigenvalue weighted by Gasteiger charge is -2.08. The van der Waals surface area contributed by atoms with Crippen molar-refractivity contribution in [1.82, 2.24) is 4.98 Å². The molecule has 156 valence electrons. The molecule has 0 saturated carbocycles. The number of carbonyl (C=O) groups is 1. The van der Waals surface area contributed by atoms with E-state index in [2.05, 4.69) is 15.6 Å². The number of rotatable bonds is 8. The molecule has 1 heterocycles. The summed E-state index contributed by atoms with van der Waals surface area (Å²) in [4.78, 5) is 27.8. The second-order valence-electron chi connectivity index (χ2n) is 6.08. The maximum Gasteiger partial charge on any atom is 0.293 e. The van der Waals surface area contributed by atoms with Crippen LogP contribution in [0.2, 0.25) is 0 Å². The van der Waals surface area contributed by atoms with E-state index in [4.69, 9.17) is 9.47 Å². The average molecular weight is 428 g/mol. The molecular formula is C20H20N4O5S. The van der Waals surface area contributed by atoms with Crippen molar-refractivity contribution in [2.75, 3.05) is 31.4 Å². The molecule has 10 heteroatoms. The number of thiazole rings is 1. The Kier molecular flexibility index (Phi) is 6.48. The summed E-state index contributed by atoms with van der Waals surface area (Å²) in [5, 5.41) is 19.0. The summed E-state index contributed by atoms with van der Waals surface area (Å²) < 4.78 is 10.6. The maximum atomic E-state index is 12.6. The summed E-state index contributed by atoms with van der Waals surface area (Å²) in [5.74, 6) is 0.762. The largest absolute Gasteiger partial charge is 0.497 e. The first-order valence-corrected chi connectivity index (χ1v) is 9.86. The number of benzene rings is 2. The summed E-state index contributed by atoms with van der Waals surface area (Å²) in [6.07, 6.45) is 0. The molecule has 1 aromatic heterocycles. The van der Waals surface area contributed by atoms with Gasteiger partial charge in [-0.15, -0.1) is 11.3 Å². The first kappa shape index (κ1) is 21.1. The molecule has 3 rings (SSSR count). The minimum atomic E-state index is -0.522. The molecule has 0 atom stereocenters. The zero-order chi connectivity index (χ0) is 21.7. The molecule has 2 N–H and O–H groups in total. The van der Waals surface area contributed by atoms with Crippen LogP contribution in [-0.2, 0) is 0 Å². The Bertz CT molecular complexity index is 1080. The van der Waals surface area contributed by atoms with E-state index in [-0.39, 0.29) is 11.3 Å². The fourth-order valence-electron chi connectivity index (χ4n) is 2.80. The molecule has 0 radical (unpaired) electrons. The van der Waals surface area contributed by atoms with E-state index in [1.807, 2.05) is 13.0 Å². The summed E-state index contributed by atoms with van der Waals surface area (Å²) in [6, 6.07) is 9.65. The lowest BCUT2D eigenvalue weighted by molar-refractivity contribution is -0.384. The lowest BCUT2D eigenvalue weighted by atomic mass is 10.1. The SMILES string of the molecule is CCNc1ccc(C(=O)Nc2nc(-c3ccc(OC)cc3OC)cs2)cc1[N+](=O)[O-]. The smallest absolute Gasteiger partial charge is 0.293 e. The van der Waals surface area contributed by atoms with Gasteiger partial charge in [-0.05, 0) is 31.2 Å². The zero-order valence-corrected chi connectivity index (χ0v) is 17.4. The number of ether oxygens (including phenoxy) is 2. The Labute approximate surface area is 176 Å². The summed E-state index contributed by atoms with van der Waals surface area (Å²) in [6.45, 7) is 2.37. The molecule has 0 fully saturated rings. The first-order valence-electron chi connectivity index (χ1n) is 8.98. The van der Waals surface area contributed by atoms with Crippen molar-refractivity contribution in [3.05, 3.63) is 57.5 Å². The van der Waals surface area contributed by atoms with Crippen LogP contribution in [0.4, 0.5) is 16.5 Å². The van der Waals surface area contributed by atoms with Crippen LogP contribution in [0.1, 0.15) is 17.3 Å². The third-order valence-electron chi connectivity index (χ3n) is 4.23. The van der Waals surface area contributed by atoms with Gasteiger partial charge in [0.05, 0.1) is 24.8 Å². The number of methoxy groups -OCH3 is 2. The third kappa shape index (κ3) is 4.49. The Morgan fingerprint density at radius 3 is 2.67 bits per heavy atom. The van der Waals surface area contributed by atoms with Crippen LogP contribution in [0.5, 0.6) is 11.5 Å². The molecular weight excluding hydrogens is 408 g/mol. The van der Waals surface area contributed by atoms with Crippen molar-refractivity contribution < 1.29 is 19.2 Å². The summed E-state index contributed by atoms with van der Waals surface area (Å²) in [5.41, 5.74) is 1.75.